The Morgan fingerprint density at radius 3 is 2.44 bits per heavy atom. The second kappa shape index (κ2) is 13.8. The monoisotopic (exact) mass is 590 g/mol. The standard InChI is InChI=1S/C32H35FN4O6/c1-20-5-7-24(35-31(39)22-14-23(33)16-25(15-22)37-9-11-43-12-10-37)17-26(20)27(34)18-28(38)32(40)36(2)19-21-6-8-29(41-3)30(13-21)42-4/h5-8,13-18H,9-12,19,34H2,1-4H3,(H,35,39). The van der Waals surface area contributed by atoms with Gasteiger partial charge in [0.05, 0.1) is 27.4 Å². The minimum Gasteiger partial charge on any atom is -0.493 e. The number of rotatable bonds is 10. The summed E-state index contributed by atoms with van der Waals surface area (Å²) in [5.41, 5.74) is 9.40. The van der Waals surface area contributed by atoms with Gasteiger partial charge in [-0.3, -0.25) is 14.4 Å². The van der Waals surface area contributed by atoms with Gasteiger partial charge in [-0.15, -0.1) is 0 Å². The molecule has 0 atom stereocenters. The lowest BCUT2D eigenvalue weighted by Crippen LogP contribution is -2.36. The molecule has 3 N–H and O–H groups in total. The number of hydrogen-bond acceptors (Lipinski definition) is 8. The van der Waals surface area contributed by atoms with Crippen LogP contribution in [0.2, 0.25) is 0 Å². The number of benzene rings is 3. The van der Waals surface area contributed by atoms with E-state index in [9.17, 15) is 18.8 Å². The van der Waals surface area contributed by atoms with Gasteiger partial charge in [0.15, 0.2) is 11.5 Å². The van der Waals surface area contributed by atoms with Crippen LogP contribution in [-0.2, 0) is 20.9 Å². The quantitative estimate of drug-likeness (QED) is 0.270. The first-order valence-corrected chi connectivity index (χ1v) is 13.6. The number of nitrogens with one attached hydrogen (secondary N) is 1. The molecule has 0 bridgehead atoms. The summed E-state index contributed by atoms with van der Waals surface area (Å²) >= 11 is 0. The number of nitrogens with zero attached hydrogens (tertiary/aromatic N) is 2. The summed E-state index contributed by atoms with van der Waals surface area (Å²) in [5, 5.41) is 2.77. The fraction of sp³-hybridized carbons (Fsp3) is 0.281. The van der Waals surface area contributed by atoms with Gasteiger partial charge in [0.25, 0.3) is 11.8 Å². The van der Waals surface area contributed by atoms with Crippen molar-refractivity contribution in [3.05, 3.63) is 88.7 Å². The van der Waals surface area contributed by atoms with Crippen LogP contribution in [0.5, 0.6) is 11.5 Å². The maximum Gasteiger partial charge on any atom is 0.294 e. The highest BCUT2D eigenvalue weighted by atomic mass is 19.1. The van der Waals surface area contributed by atoms with Crippen molar-refractivity contribution < 1.29 is 33.0 Å². The maximum atomic E-state index is 14.4. The third-order valence-electron chi connectivity index (χ3n) is 7.04. The number of ketones is 1. The average Bonchev–Trinajstić information content (AvgIpc) is 3.01. The smallest absolute Gasteiger partial charge is 0.294 e. The Labute approximate surface area is 249 Å². The van der Waals surface area contributed by atoms with Gasteiger partial charge in [0, 0.05) is 61.0 Å². The van der Waals surface area contributed by atoms with Crippen LogP contribution in [0.3, 0.4) is 0 Å². The lowest BCUT2D eigenvalue weighted by molar-refractivity contribution is -0.141. The van der Waals surface area contributed by atoms with Gasteiger partial charge in [-0.1, -0.05) is 12.1 Å². The molecule has 1 heterocycles. The molecule has 0 aliphatic carbocycles. The molecule has 0 aromatic heterocycles. The highest BCUT2D eigenvalue weighted by Gasteiger charge is 2.20. The Morgan fingerprint density at radius 1 is 1.02 bits per heavy atom. The van der Waals surface area contributed by atoms with E-state index >= 15 is 0 Å². The number of aryl methyl sites for hydroxylation is 1. The number of amides is 2. The molecule has 0 saturated carbocycles. The van der Waals surface area contributed by atoms with Crippen molar-refractivity contribution in [3.8, 4) is 11.5 Å². The zero-order valence-corrected chi connectivity index (χ0v) is 24.6. The first-order chi connectivity index (χ1) is 20.6. The molecule has 0 spiro atoms. The summed E-state index contributed by atoms with van der Waals surface area (Å²) in [7, 11) is 4.56. The van der Waals surface area contributed by atoms with E-state index in [4.69, 9.17) is 19.9 Å². The Kier molecular flexibility index (Phi) is 9.99. The van der Waals surface area contributed by atoms with Crippen LogP contribution in [0.15, 0.2) is 60.7 Å². The number of ether oxygens (including phenoxy) is 3. The number of carbonyl (C=O) groups is 3. The highest BCUT2D eigenvalue weighted by Crippen LogP contribution is 2.28. The second-order valence-electron chi connectivity index (χ2n) is 10.1. The topological polar surface area (TPSA) is 123 Å². The molecule has 1 fully saturated rings. The summed E-state index contributed by atoms with van der Waals surface area (Å²) in [6.07, 6.45) is 1.07. The van der Waals surface area contributed by atoms with E-state index in [0.29, 0.717) is 54.7 Å². The molecule has 43 heavy (non-hydrogen) atoms. The van der Waals surface area contributed by atoms with Gasteiger partial charge >= 0.3 is 0 Å². The average molecular weight is 591 g/mol. The molecule has 1 saturated heterocycles. The predicted molar refractivity (Wildman–Crippen MR) is 162 cm³/mol. The van der Waals surface area contributed by atoms with Gasteiger partial charge in [0.1, 0.15) is 5.82 Å². The SMILES string of the molecule is COc1ccc(CN(C)C(=O)C(=O)C=C(N)c2cc(NC(=O)c3cc(F)cc(N4CCOCC4)c3)ccc2C)cc1OC. The molecule has 4 rings (SSSR count). The number of anilines is 2. The van der Waals surface area contributed by atoms with E-state index in [1.807, 2.05) is 4.90 Å². The van der Waals surface area contributed by atoms with Crippen molar-refractivity contribution in [2.75, 3.05) is 57.8 Å². The van der Waals surface area contributed by atoms with Crippen molar-refractivity contribution in [3.63, 3.8) is 0 Å². The third kappa shape index (κ3) is 7.69. The molecule has 10 nitrogen and oxygen atoms in total. The van der Waals surface area contributed by atoms with Crippen LogP contribution in [0.25, 0.3) is 5.70 Å². The van der Waals surface area contributed by atoms with Crippen molar-refractivity contribution in [1.82, 2.24) is 4.90 Å². The molecule has 11 heteroatoms. The number of hydrogen-bond donors (Lipinski definition) is 2. The summed E-state index contributed by atoms with van der Waals surface area (Å²) in [6.45, 7) is 4.21. The van der Waals surface area contributed by atoms with Crippen molar-refractivity contribution in [1.29, 1.82) is 0 Å². The summed E-state index contributed by atoms with van der Waals surface area (Å²) in [6, 6.07) is 14.4. The molecule has 1 aliphatic heterocycles. The number of nitrogens with two attached hydrogens (primary N) is 1. The first-order valence-electron chi connectivity index (χ1n) is 13.6. The minimum atomic E-state index is -0.801. The summed E-state index contributed by atoms with van der Waals surface area (Å²) in [5.74, 6) is -1.52. The Hall–Kier alpha value is -4.90. The van der Waals surface area contributed by atoms with Crippen molar-refractivity contribution in [2.45, 2.75) is 13.5 Å². The largest absolute Gasteiger partial charge is 0.493 e. The zero-order chi connectivity index (χ0) is 31.1. The van der Waals surface area contributed by atoms with Gasteiger partial charge in [-0.25, -0.2) is 4.39 Å². The van der Waals surface area contributed by atoms with E-state index < -0.39 is 23.4 Å². The molecule has 226 valence electrons. The Balaban J connectivity index is 1.46. The Bertz CT molecular complexity index is 1550. The van der Waals surface area contributed by atoms with Gasteiger partial charge in [0.2, 0.25) is 5.78 Å². The highest BCUT2D eigenvalue weighted by molar-refractivity contribution is 6.41. The number of halogens is 1. The zero-order valence-electron chi connectivity index (χ0n) is 24.6. The van der Waals surface area contributed by atoms with Gasteiger partial charge < -0.3 is 35.1 Å². The van der Waals surface area contributed by atoms with E-state index in [1.54, 1.807) is 49.4 Å². The van der Waals surface area contributed by atoms with Gasteiger partial charge in [-0.05, 0) is 60.5 Å². The molecule has 0 unspecified atom stereocenters. The first kappa shape index (κ1) is 31.0. The van der Waals surface area contributed by atoms with Crippen LogP contribution in [-0.4, -0.2) is 70.1 Å². The van der Waals surface area contributed by atoms with Crippen LogP contribution < -0.4 is 25.4 Å². The summed E-state index contributed by atoms with van der Waals surface area (Å²) in [4.78, 5) is 42.0. The van der Waals surface area contributed by atoms with E-state index in [0.717, 1.165) is 17.2 Å². The lowest BCUT2D eigenvalue weighted by Gasteiger charge is -2.29. The molecule has 3 aromatic rings. The minimum absolute atomic E-state index is 0.0619. The number of morpholine rings is 1. The molecular formula is C32H35FN4O6. The lowest BCUT2D eigenvalue weighted by atomic mass is 10.0. The number of likely N-dealkylation sites (N-methyl/N-ethyl adjacent to an activating group) is 1. The molecule has 1 aliphatic rings. The fourth-order valence-electron chi connectivity index (χ4n) is 4.72. The molecule has 2 amide bonds. The fourth-order valence-corrected chi connectivity index (χ4v) is 4.72. The maximum absolute atomic E-state index is 14.4. The van der Waals surface area contributed by atoms with E-state index in [-0.39, 0.29) is 17.8 Å². The number of methoxy groups -OCH3 is 2. The van der Waals surface area contributed by atoms with Gasteiger partial charge in [-0.2, -0.15) is 0 Å². The van der Waals surface area contributed by atoms with Crippen LogP contribution >= 0.6 is 0 Å². The van der Waals surface area contributed by atoms with Crippen LogP contribution in [0.4, 0.5) is 15.8 Å². The molecule has 3 aromatic carbocycles. The normalized spacial score (nSPS) is 13.3. The predicted octanol–water partition coefficient (Wildman–Crippen LogP) is 3.77. The van der Waals surface area contributed by atoms with Crippen molar-refractivity contribution in [2.24, 2.45) is 5.73 Å². The van der Waals surface area contributed by atoms with Crippen molar-refractivity contribution >= 4 is 34.7 Å². The third-order valence-corrected chi connectivity index (χ3v) is 7.04. The Morgan fingerprint density at radius 2 is 1.74 bits per heavy atom. The molecular weight excluding hydrogens is 555 g/mol. The van der Waals surface area contributed by atoms with Crippen LogP contribution in [0, 0.1) is 12.7 Å². The second-order valence-corrected chi connectivity index (χ2v) is 10.1. The number of carbonyl (C=O) groups excluding carboxylic acids is 3. The summed E-state index contributed by atoms with van der Waals surface area (Å²) < 4.78 is 30.3. The van der Waals surface area contributed by atoms with Crippen LogP contribution in [0.1, 0.15) is 27.0 Å². The molecule has 0 radical (unpaired) electrons. The van der Waals surface area contributed by atoms with E-state index in [1.165, 1.54) is 38.3 Å². The van der Waals surface area contributed by atoms with E-state index in [2.05, 4.69) is 5.32 Å².